The van der Waals surface area contributed by atoms with Crippen LogP contribution < -0.4 is 0 Å². The summed E-state index contributed by atoms with van der Waals surface area (Å²) in [4.78, 5) is 20.4. The van der Waals surface area contributed by atoms with Crippen LogP contribution in [0, 0.1) is 5.82 Å². The molecule has 0 aliphatic carbocycles. The fourth-order valence-electron chi connectivity index (χ4n) is 3.93. The molecule has 1 fully saturated rings. The number of aliphatic hydroxyl groups is 2. The molecule has 0 unspecified atom stereocenters. The largest absolute Gasteiger partial charge is 0.394 e. The average molecular weight is 415 g/mol. The van der Waals surface area contributed by atoms with Gasteiger partial charge in [0.05, 0.1) is 31.4 Å². The molecule has 0 radical (unpaired) electrons. The van der Waals surface area contributed by atoms with E-state index in [2.05, 4.69) is 10.1 Å². The number of β-amino-alcohol motifs (C(OH)–C–C–N with tert-alkyl or cyclic N) is 1. The van der Waals surface area contributed by atoms with Crippen LogP contribution in [-0.4, -0.2) is 86.1 Å². The maximum atomic E-state index is 14.7. The second-order valence-corrected chi connectivity index (χ2v) is 7.75. The van der Waals surface area contributed by atoms with Gasteiger partial charge in [0.25, 0.3) is 0 Å². The Balaban J connectivity index is 1.39. The molecule has 2 aromatic rings. The summed E-state index contributed by atoms with van der Waals surface area (Å²) in [5.74, 6) is -0.0550. The molecule has 1 saturated heterocycles. The molecule has 9 heteroatoms. The van der Waals surface area contributed by atoms with Gasteiger partial charge in [0.1, 0.15) is 12.1 Å². The molecule has 3 heterocycles. The Bertz CT molecular complexity index is 944. The molecule has 2 aliphatic rings. The Labute approximate surface area is 174 Å². The lowest BCUT2D eigenvalue weighted by Gasteiger charge is -2.28. The first kappa shape index (κ1) is 20.6. The summed E-state index contributed by atoms with van der Waals surface area (Å²) in [6.45, 7) is 2.99. The zero-order chi connectivity index (χ0) is 21.1. The number of halogens is 1. The molecule has 2 aliphatic heterocycles. The molecule has 0 saturated carbocycles. The van der Waals surface area contributed by atoms with Crippen molar-refractivity contribution in [1.82, 2.24) is 24.6 Å². The van der Waals surface area contributed by atoms with Gasteiger partial charge in [-0.1, -0.05) is 12.1 Å². The topological polar surface area (TPSA) is 94.7 Å². The van der Waals surface area contributed by atoms with Crippen molar-refractivity contribution in [2.45, 2.75) is 25.5 Å². The molecule has 0 bridgehead atoms. The van der Waals surface area contributed by atoms with Gasteiger partial charge in [-0.25, -0.2) is 9.37 Å². The predicted octanol–water partition coefficient (Wildman–Crippen LogP) is 0.759. The number of rotatable bonds is 6. The first-order chi connectivity index (χ1) is 14.5. The summed E-state index contributed by atoms with van der Waals surface area (Å²) < 4.78 is 16.2. The number of likely N-dealkylation sites (tertiary alicyclic amines) is 1. The highest BCUT2D eigenvalue weighted by atomic mass is 19.1. The van der Waals surface area contributed by atoms with Crippen LogP contribution >= 0.6 is 0 Å². The lowest BCUT2D eigenvalue weighted by atomic mass is 9.98. The van der Waals surface area contributed by atoms with Gasteiger partial charge in [0.15, 0.2) is 5.82 Å². The minimum atomic E-state index is -0.402. The minimum absolute atomic E-state index is 0.0577. The molecule has 160 valence electrons. The summed E-state index contributed by atoms with van der Waals surface area (Å²) in [6.07, 6.45) is 4.49. The maximum absolute atomic E-state index is 14.7. The average Bonchev–Trinajstić information content (AvgIpc) is 3.37. The Morgan fingerprint density at radius 1 is 1.30 bits per heavy atom. The van der Waals surface area contributed by atoms with Crippen LogP contribution in [0.3, 0.4) is 0 Å². The Morgan fingerprint density at radius 3 is 2.83 bits per heavy atom. The molecule has 8 nitrogen and oxygen atoms in total. The van der Waals surface area contributed by atoms with Gasteiger partial charge in [0.2, 0.25) is 5.91 Å². The Hall–Kier alpha value is -2.62. The summed E-state index contributed by atoms with van der Waals surface area (Å²) >= 11 is 0. The van der Waals surface area contributed by atoms with Crippen LogP contribution in [0.5, 0.6) is 0 Å². The smallest absolute Gasteiger partial charge is 0.237 e. The zero-order valence-corrected chi connectivity index (χ0v) is 16.7. The van der Waals surface area contributed by atoms with Crippen molar-refractivity contribution in [3.05, 3.63) is 42.0 Å². The lowest BCUT2D eigenvalue weighted by molar-refractivity contribution is -0.131. The van der Waals surface area contributed by atoms with Crippen molar-refractivity contribution in [2.24, 2.45) is 0 Å². The summed E-state index contributed by atoms with van der Waals surface area (Å²) in [5.41, 5.74) is 2.12. The highest BCUT2D eigenvalue weighted by molar-refractivity contribution is 5.80. The molecule has 4 rings (SSSR count). The van der Waals surface area contributed by atoms with Crippen LogP contribution in [0.15, 0.2) is 30.6 Å². The molecule has 1 atom stereocenters. The number of amides is 1. The van der Waals surface area contributed by atoms with Crippen LogP contribution in [0.1, 0.15) is 18.4 Å². The quantitative estimate of drug-likeness (QED) is 0.724. The van der Waals surface area contributed by atoms with Gasteiger partial charge in [-0.3, -0.25) is 14.4 Å². The summed E-state index contributed by atoms with van der Waals surface area (Å²) in [5, 5.41) is 22.7. The highest BCUT2D eigenvalue weighted by Crippen LogP contribution is 2.27. The third kappa shape index (κ3) is 4.58. The summed E-state index contributed by atoms with van der Waals surface area (Å²) in [6, 6.07) is 5.00. The van der Waals surface area contributed by atoms with Crippen LogP contribution in [0.25, 0.3) is 17.0 Å². The number of carbonyl (C=O) groups excluding carboxylic acids is 1. The van der Waals surface area contributed by atoms with E-state index in [1.165, 1.54) is 17.1 Å². The second kappa shape index (κ2) is 9.03. The minimum Gasteiger partial charge on any atom is -0.394 e. The van der Waals surface area contributed by atoms with Crippen molar-refractivity contribution >= 4 is 11.5 Å². The number of carbonyl (C=O) groups is 1. The molecule has 1 aromatic carbocycles. The number of hydrogen-bond acceptors (Lipinski definition) is 6. The fourth-order valence-corrected chi connectivity index (χ4v) is 3.93. The van der Waals surface area contributed by atoms with E-state index in [0.717, 1.165) is 24.1 Å². The fraction of sp³-hybridized carbons (Fsp3) is 0.476. The van der Waals surface area contributed by atoms with Gasteiger partial charge in [-0.05, 0) is 36.1 Å². The SMILES string of the molecule is O=C(CN1CC[C@H](O)C1)N1CC=C(c2ccc(-c3ncn(CCO)n3)c(F)c2)CC1. The summed E-state index contributed by atoms with van der Waals surface area (Å²) in [7, 11) is 0. The normalized spacial score (nSPS) is 19.9. The van der Waals surface area contributed by atoms with E-state index in [1.807, 2.05) is 17.0 Å². The van der Waals surface area contributed by atoms with Crippen molar-refractivity contribution in [2.75, 3.05) is 39.3 Å². The van der Waals surface area contributed by atoms with Crippen LogP contribution in [-0.2, 0) is 11.3 Å². The van der Waals surface area contributed by atoms with E-state index >= 15 is 0 Å². The van der Waals surface area contributed by atoms with E-state index in [-0.39, 0.29) is 24.4 Å². The third-order valence-corrected chi connectivity index (χ3v) is 5.61. The highest BCUT2D eigenvalue weighted by Gasteiger charge is 2.25. The molecular formula is C21H26FN5O3. The molecular weight excluding hydrogens is 389 g/mol. The number of aromatic nitrogens is 3. The second-order valence-electron chi connectivity index (χ2n) is 7.75. The third-order valence-electron chi connectivity index (χ3n) is 5.61. The van der Waals surface area contributed by atoms with Gasteiger partial charge < -0.3 is 15.1 Å². The predicted molar refractivity (Wildman–Crippen MR) is 109 cm³/mol. The number of aliphatic hydroxyl groups excluding tert-OH is 2. The van der Waals surface area contributed by atoms with E-state index in [0.29, 0.717) is 44.7 Å². The van der Waals surface area contributed by atoms with Crippen LogP contribution in [0.4, 0.5) is 4.39 Å². The molecule has 1 aromatic heterocycles. The maximum Gasteiger partial charge on any atom is 0.237 e. The number of benzene rings is 1. The molecule has 0 spiro atoms. The van der Waals surface area contributed by atoms with Crippen molar-refractivity contribution in [1.29, 1.82) is 0 Å². The van der Waals surface area contributed by atoms with E-state index in [9.17, 15) is 14.3 Å². The van der Waals surface area contributed by atoms with Gasteiger partial charge in [-0.15, -0.1) is 0 Å². The van der Waals surface area contributed by atoms with Crippen molar-refractivity contribution in [3.63, 3.8) is 0 Å². The lowest BCUT2D eigenvalue weighted by Crippen LogP contribution is -2.41. The van der Waals surface area contributed by atoms with Gasteiger partial charge >= 0.3 is 0 Å². The monoisotopic (exact) mass is 415 g/mol. The van der Waals surface area contributed by atoms with Gasteiger partial charge in [0, 0.05) is 26.2 Å². The van der Waals surface area contributed by atoms with Crippen molar-refractivity contribution in [3.8, 4) is 11.4 Å². The number of nitrogens with zero attached hydrogens (tertiary/aromatic N) is 5. The van der Waals surface area contributed by atoms with E-state index in [1.54, 1.807) is 11.0 Å². The van der Waals surface area contributed by atoms with Gasteiger partial charge in [-0.2, -0.15) is 5.10 Å². The van der Waals surface area contributed by atoms with Crippen LogP contribution in [0.2, 0.25) is 0 Å². The zero-order valence-electron chi connectivity index (χ0n) is 16.7. The Morgan fingerprint density at radius 2 is 2.17 bits per heavy atom. The Kier molecular flexibility index (Phi) is 6.21. The molecule has 2 N–H and O–H groups in total. The molecule has 30 heavy (non-hydrogen) atoms. The number of hydrogen-bond donors (Lipinski definition) is 2. The van der Waals surface area contributed by atoms with E-state index in [4.69, 9.17) is 5.11 Å². The first-order valence-corrected chi connectivity index (χ1v) is 10.2. The van der Waals surface area contributed by atoms with E-state index < -0.39 is 5.82 Å². The molecule has 1 amide bonds. The van der Waals surface area contributed by atoms with Crippen molar-refractivity contribution < 1.29 is 19.4 Å². The first-order valence-electron chi connectivity index (χ1n) is 10.2. The standard InChI is InChI=1S/C21H26FN5O3/c22-19-11-16(1-2-18(19)21-23-14-27(24-21)9-10-28)15-3-7-26(8-4-15)20(30)13-25-6-5-17(29)12-25/h1-3,11,14,17,28-29H,4-10,12-13H2/t17-/m0/s1.